The molecule has 2 aromatic carbocycles. The number of nitrogens with zero attached hydrogens (tertiary/aromatic N) is 1. The van der Waals surface area contributed by atoms with Gasteiger partial charge in [0.2, 0.25) is 5.91 Å². The molecule has 0 saturated carbocycles. The van der Waals surface area contributed by atoms with Crippen LogP contribution < -0.4 is 9.64 Å². The van der Waals surface area contributed by atoms with Crippen molar-refractivity contribution in [1.29, 1.82) is 0 Å². The molecule has 27 heavy (non-hydrogen) atoms. The third kappa shape index (κ3) is 2.99. The molecule has 1 amide bonds. The van der Waals surface area contributed by atoms with Crippen LogP contribution in [0.25, 0.3) is 0 Å². The van der Waals surface area contributed by atoms with Gasteiger partial charge in [0, 0.05) is 23.6 Å². The summed E-state index contributed by atoms with van der Waals surface area (Å²) in [4.78, 5) is 27.3. The van der Waals surface area contributed by atoms with Crippen LogP contribution in [0.1, 0.15) is 30.4 Å². The van der Waals surface area contributed by atoms with Gasteiger partial charge in [0.05, 0.1) is 17.9 Å². The number of hydrogen-bond acceptors (Lipinski definition) is 4. The van der Waals surface area contributed by atoms with Crippen molar-refractivity contribution in [2.75, 3.05) is 18.1 Å². The van der Waals surface area contributed by atoms with Gasteiger partial charge in [-0.1, -0.05) is 30.3 Å². The summed E-state index contributed by atoms with van der Waals surface area (Å²) in [5, 5.41) is 0. The van der Waals surface area contributed by atoms with Gasteiger partial charge in [-0.2, -0.15) is 0 Å². The number of para-hydroxylation sites is 1. The fourth-order valence-electron chi connectivity index (χ4n) is 3.84. The van der Waals surface area contributed by atoms with E-state index in [0.717, 1.165) is 16.8 Å². The number of cyclic esters (lactones) is 1. The molecule has 0 N–H and O–H groups in total. The van der Waals surface area contributed by atoms with Crippen molar-refractivity contribution < 1.29 is 19.1 Å². The Hall–Kier alpha value is -3.08. The van der Waals surface area contributed by atoms with Crippen molar-refractivity contribution in [3.63, 3.8) is 0 Å². The van der Waals surface area contributed by atoms with Gasteiger partial charge in [-0.3, -0.25) is 9.69 Å². The summed E-state index contributed by atoms with van der Waals surface area (Å²) in [5.41, 5.74) is 3.86. The van der Waals surface area contributed by atoms with Crippen molar-refractivity contribution in [3.05, 3.63) is 70.9 Å². The minimum Gasteiger partial charge on any atom is -0.494 e. The number of aryl methyl sites for hydroxylation is 1. The van der Waals surface area contributed by atoms with Gasteiger partial charge in [-0.05, 0) is 37.6 Å². The Balaban J connectivity index is 1.84. The number of benzene rings is 2. The molecule has 5 heteroatoms. The highest BCUT2D eigenvalue weighted by Crippen LogP contribution is 2.44. The maximum atomic E-state index is 13.1. The van der Waals surface area contributed by atoms with Gasteiger partial charge in [-0.25, -0.2) is 4.79 Å². The van der Waals surface area contributed by atoms with E-state index in [4.69, 9.17) is 9.47 Å². The minimum absolute atomic E-state index is 0.0473. The lowest BCUT2D eigenvalue weighted by Crippen LogP contribution is -2.37. The molecule has 4 rings (SSSR count). The number of esters is 1. The fraction of sp³-hybridized carbons (Fsp3) is 0.273. The summed E-state index contributed by atoms with van der Waals surface area (Å²) in [7, 11) is 0. The monoisotopic (exact) mass is 363 g/mol. The molecule has 1 atom stereocenters. The number of rotatable bonds is 4. The Morgan fingerprint density at radius 3 is 2.74 bits per heavy atom. The maximum Gasteiger partial charge on any atom is 0.336 e. The summed E-state index contributed by atoms with van der Waals surface area (Å²) in [6, 6.07) is 15.3. The topological polar surface area (TPSA) is 55.8 Å². The zero-order chi connectivity index (χ0) is 19.0. The van der Waals surface area contributed by atoms with Gasteiger partial charge >= 0.3 is 5.97 Å². The van der Waals surface area contributed by atoms with Crippen LogP contribution in [0.4, 0.5) is 5.69 Å². The lowest BCUT2D eigenvalue weighted by Gasteiger charge is -2.32. The van der Waals surface area contributed by atoms with Crippen molar-refractivity contribution in [3.8, 4) is 5.75 Å². The molecule has 2 aromatic rings. The number of hydrogen-bond donors (Lipinski definition) is 0. The Kier molecular flexibility index (Phi) is 4.44. The average molecular weight is 363 g/mol. The van der Waals surface area contributed by atoms with E-state index in [1.807, 2.05) is 62.4 Å². The summed E-state index contributed by atoms with van der Waals surface area (Å²) >= 11 is 0. The minimum atomic E-state index is -0.355. The molecule has 0 unspecified atom stereocenters. The van der Waals surface area contributed by atoms with Gasteiger partial charge in [0.15, 0.2) is 0 Å². The molecule has 2 heterocycles. The zero-order valence-corrected chi connectivity index (χ0v) is 15.4. The fourth-order valence-corrected chi connectivity index (χ4v) is 3.84. The predicted molar refractivity (Wildman–Crippen MR) is 102 cm³/mol. The number of ether oxygens (including phenoxy) is 2. The summed E-state index contributed by atoms with van der Waals surface area (Å²) in [6.07, 6.45) is 0.200. The molecule has 2 aliphatic rings. The van der Waals surface area contributed by atoms with Crippen LogP contribution >= 0.6 is 0 Å². The summed E-state index contributed by atoms with van der Waals surface area (Å²) in [5.74, 6) is -0.0555. The highest BCUT2D eigenvalue weighted by molar-refractivity contribution is 6.06. The molecule has 0 bridgehead atoms. The third-order valence-electron chi connectivity index (χ3n) is 4.97. The van der Waals surface area contributed by atoms with Gasteiger partial charge in [0.1, 0.15) is 12.4 Å². The normalized spacial score (nSPS) is 19.2. The second kappa shape index (κ2) is 6.91. The molecular formula is C22H21NO4. The zero-order valence-electron chi connectivity index (χ0n) is 15.4. The van der Waals surface area contributed by atoms with E-state index in [2.05, 4.69) is 0 Å². The number of carbonyl (C=O) groups is 2. The quantitative estimate of drug-likeness (QED) is 0.777. The van der Waals surface area contributed by atoms with E-state index >= 15 is 0 Å². The van der Waals surface area contributed by atoms with Crippen molar-refractivity contribution in [2.45, 2.75) is 26.2 Å². The van der Waals surface area contributed by atoms with Gasteiger partial charge in [-0.15, -0.1) is 0 Å². The molecule has 2 aliphatic heterocycles. The first kappa shape index (κ1) is 17.3. The van der Waals surface area contributed by atoms with E-state index in [1.165, 1.54) is 0 Å². The maximum absolute atomic E-state index is 13.1. The molecule has 0 spiro atoms. The lowest BCUT2D eigenvalue weighted by molar-refractivity contribution is -0.136. The standard InChI is InChI=1S/C22H21NO4/c1-3-26-19-10-5-4-9-16(19)17-12-20(24)23(15-8-6-7-14(2)11-15)18-13-27-22(25)21(17)18/h4-11,17H,3,12-13H2,1-2H3/t17-/m1/s1. The first-order valence-corrected chi connectivity index (χ1v) is 9.11. The SMILES string of the molecule is CCOc1ccccc1[C@H]1CC(=O)N(c2cccc(C)c2)C2=C1C(=O)OC2. The molecule has 138 valence electrons. The van der Waals surface area contributed by atoms with Crippen molar-refractivity contribution in [1.82, 2.24) is 0 Å². The second-order valence-corrected chi connectivity index (χ2v) is 6.73. The molecular weight excluding hydrogens is 342 g/mol. The van der Waals surface area contributed by atoms with E-state index in [0.29, 0.717) is 23.6 Å². The second-order valence-electron chi connectivity index (χ2n) is 6.73. The average Bonchev–Trinajstić information content (AvgIpc) is 3.03. The smallest absolute Gasteiger partial charge is 0.336 e. The van der Waals surface area contributed by atoms with Crippen LogP contribution in [-0.2, 0) is 14.3 Å². The van der Waals surface area contributed by atoms with E-state index < -0.39 is 0 Å². The number of anilines is 1. The molecule has 5 nitrogen and oxygen atoms in total. The van der Waals surface area contributed by atoms with Crippen molar-refractivity contribution in [2.24, 2.45) is 0 Å². The molecule has 0 aliphatic carbocycles. The Morgan fingerprint density at radius 2 is 1.96 bits per heavy atom. The highest BCUT2D eigenvalue weighted by atomic mass is 16.5. The Morgan fingerprint density at radius 1 is 1.15 bits per heavy atom. The van der Waals surface area contributed by atoms with Crippen LogP contribution in [-0.4, -0.2) is 25.1 Å². The largest absolute Gasteiger partial charge is 0.494 e. The van der Waals surface area contributed by atoms with Crippen molar-refractivity contribution >= 4 is 17.6 Å². The summed E-state index contributed by atoms with van der Waals surface area (Å²) in [6.45, 7) is 4.52. The van der Waals surface area contributed by atoms with Gasteiger partial charge < -0.3 is 9.47 Å². The molecule has 0 aromatic heterocycles. The first-order chi connectivity index (χ1) is 13.1. The first-order valence-electron chi connectivity index (χ1n) is 9.11. The van der Waals surface area contributed by atoms with Gasteiger partial charge in [0.25, 0.3) is 0 Å². The van der Waals surface area contributed by atoms with Crippen LogP contribution in [0.5, 0.6) is 5.75 Å². The molecule has 0 saturated heterocycles. The number of carbonyl (C=O) groups excluding carboxylic acids is 2. The lowest BCUT2D eigenvalue weighted by atomic mass is 9.83. The molecule has 0 radical (unpaired) electrons. The molecule has 0 fully saturated rings. The van der Waals surface area contributed by atoms with E-state index in [1.54, 1.807) is 4.90 Å². The highest BCUT2D eigenvalue weighted by Gasteiger charge is 2.43. The Bertz CT molecular complexity index is 947. The third-order valence-corrected chi connectivity index (χ3v) is 4.97. The predicted octanol–water partition coefficient (Wildman–Crippen LogP) is 3.73. The summed E-state index contributed by atoms with van der Waals surface area (Å²) < 4.78 is 11.1. The van der Waals surface area contributed by atoms with Crippen LogP contribution in [0.2, 0.25) is 0 Å². The van der Waals surface area contributed by atoms with Crippen LogP contribution in [0.3, 0.4) is 0 Å². The Labute approximate surface area is 158 Å². The van der Waals surface area contributed by atoms with E-state index in [9.17, 15) is 9.59 Å². The number of amides is 1. The van der Waals surface area contributed by atoms with Crippen LogP contribution in [0, 0.1) is 6.92 Å². The van der Waals surface area contributed by atoms with E-state index in [-0.39, 0.29) is 30.8 Å². The van der Waals surface area contributed by atoms with Crippen LogP contribution in [0.15, 0.2) is 59.8 Å².